The van der Waals surface area contributed by atoms with Gasteiger partial charge in [-0.05, 0) is 30.2 Å². The summed E-state index contributed by atoms with van der Waals surface area (Å²) in [6, 6.07) is 15.6. The summed E-state index contributed by atoms with van der Waals surface area (Å²) in [5.74, 6) is -1.28. The van der Waals surface area contributed by atoms with Gasteiger partial charge in [0, 0.05) is 24.2 Å². The van der Waals surface area contributed by atoms with E-state index in [-0.39, 0.29) is 32.0 Å². The molecule has 0 fully saturated rings. The molecule has 0 aromatic heterocycles. The lowest BCUT2D eigenvalue weighted by atomic mass is 10.2. The van der Waals surface area contributed by atoms with E-state index in [0.717, 1.165) is 5.56 Å². The molecular weight excluding hydrogens is 402 g/mol. The van der Waals surface area contributed by atoms with E-state index < -0.39 is 18.0 Å². The fourth-order valence-electron chi connectivity index (χ4n) is 2.50. The number of amides is 3. The van der Waals surface area contributed by atoms with E-state index in [1.807, 2.05) is 30.3 Å². The van der Waals surface area contributed by atoms with Crippen molar-refractivity contribution >= 4 is 29.6 Å². The maximum atomic E-state index is 12.1. The van der Waals surface area contributed by atoms with Crippen molar-refractivity contribution in [3.63, 3.8) is 0 Å². The first kappa shape index (κ1) is 23.4. The number of benzene rings is 2. The maximum Gasteiger partial charge on any atom is 0.407 e. The molecule has 0 unspecified atom stereocenters. The minimum absolute atomic E-state index is 0.177. The van der Waals surface area contributed by atoms with Crippen molar-refractivity contribution in [3.05, 3.63) is 65.7 Å². The summed E-state index contributed by atoms with van der Waals surface area (Å²) in [6.45, 7) is 0.223. The maximum absolute atomic E-state index is 12.1. The molecule has 0 bridgehead atoms. The molecule has 31 heavy (non-hydrogen) atoms. The first-order chi connectivity index (χ1) is 15.0. The molecule has 2 rings (SSSR count). The smallest absolute Gasteiger partial charge is 0.407 e. The van der Waals surface area contributed by atoms with Crippen LogP contribution in [0.15, 0.2) is 54.6 Å². The molecule has 164 valence electrons. The van der Waals surface area contributed by atoms with Crippen molar-refractivity contribution < 1.29 is 28.7 Å². The predicted molar refractivity (Wildman–Crippen MR) is 113 cm³/mol. The third-order valence-electron chi connectivity index (χ3n) is 4.09. The zero-order chi connectivity index (χ0) is 22.5. The molecule has 2 aromatic carbocycles. The van der Waals surface area contributed by atoms with Gasteiger partial charge >= 0.3 is 12.1 Å². The second-order valence-electron chi connectivity index (χ2n) is 6.48. The zero-order valence-corrected chi connectivity index (χ0v) is 17.2. The van der Waals surface area contributed by atoms with Crippen LogP contribution in [0, 0.1) is 0 Å². The van der Waals surface area contributed by atoms with Gasteiger partial charge in [0.2, 0.25) is 5.91 Å². The van der Waals surface area contributed by atoms with Gasteiger partial charge in [-0.15, -0.1) is 0 Å². The van der Waals surface area contributed by atoms with Crippen LogP contribution in [-0.2, 0) is 25.7 Å². The standard InChI is InChI=1S/C22H25N3O6/c1-30-20(27)14-24-21(28)17-9-5-10-18(13-17)25-19(26)11-6-12-23-22(29)31-15-16-7-3-2-4-8-16/h2-5,7-10,13H,6,11-12,14-15H2,1H3,(H,23,29)(H,24,28)(H,25,26). The van der Waals surface area contributed by atoms with Crippen LogP contribution in [0.1, 0.15) is 28.8 Å². The van der Waals surface area contributed by atoms with E-state index in [1.165, 1.54) is 13.2 Å². The summed E-state index contributed by atoms with van der Waals surface area (Å²) in [5, 5.41) is 7.71. The van der Waals surface area contributed by atoms with Gasteiger partial charge in [0.1, 0.15) is 13.2 Å². The van der Waals surface area contributed by atoms with Crippen LogP contribution >= 0.6 is 0 Å². The van der Waals surface area contributed by atoms with Crippen LogP contribution < -0.4 is 16.0 Å². The highest BCUT2D eigenvalue weighted by Crippen LogP contribution is 2.11. The summed E-state index contributed by atoms with van der Waals surface area (Å²) in [5.41, 5.74) is 1.63. The molecule has 0 radical (unpaired) electrons. The fraction of sp³-hybridized carbons (Fsp3) is 0.273. The molecule has 0 saturated carbocycles. The van der Waals surface area contributed by atoms with Crippen molar-refractivity contribution in [2.45, 2.75) is 19.4 Å². The van der Waals surface area contributed by atoms with Crippen LogP contribution in [0.25, 0.3) is 0 Å². The van der Waals surface area contributed by atoms with Crippen molar-refractivity contribution in [2.24, 2.45) is 0 Å². The first-order valence-electron chi connectivity index (χ1n) is 9.67. The number of esters is 1. The quantitative estimate of drug-likeness (QED) is 0.395. The molecule has 0 aliphatic heterocycles. The Balaban J connectivity index is 1.67. The van der Waals surface area contributed by atoms with Crippen molar-refractivity contribution in [3.8, 4) is 0 Å². The summed E-state index contributed by atoms with van der Waals surface area (Å²) in [6.07, 6.45) is 0.0541. The Bertz CT molecular complexity index is 901. The molecule has 3 amide bonds. The second kappa shape index (κ2) is 12.6. The first-order valence-corrected chi connectivity index (χ1v) is 9.67. The SMILES string of the molecule is COC(=O)CNC(=O)c1cccc(NC(=O)CCCNC(=O)OCc2ccccc2)c1. The van der Waals surface area contributed by atoms with E-state index in [0.29, 0.717) is 17.7 Å². The number of rotatable bonds is 10. The highest BCUT2D eigenvalue weighted by Gasteiger charge is 2.10. The van der Waals surface area contributed by atoms with Crippen LogP contribution in [0.2, 0.25) is 0 Å². The van der Waals surface area contributed by atoms with E-state index in [2.05, 4.69) is 20.7 Å². The van der Waals surface area contributed by atoms with Crippen LogP contribution in [0.5, 0.6) is 0 Å². The Morgan fingerprint density at radius 1 is 0.935 bits per heavy atom. The third-order valence-corrected chi connectivity index (χ3v) is 4.09. The number of hydrogen-bond donors (Lipinski definition) is 3. The molecule has 0 aliphatic rings. The van der Waals surface area contributed by atoms with Crippen molar-refractivity contribution in [1.82, 2.24) is 10.6 Å². The molecule has 9 heteroatoms. The largest absolute Gasteiger partial charge is 0.468 e. The number of carbonyl (C=O) groups is 4. The number of hydrogen-bond acceptors (Lipinski definition) is 6. The normalized spacial score (nSPS) is 9.97. The molecule has 0 heterocycles. The van der Waals surface area contributed by atoms with Crippen molar-refractivity contribution in [2.75, 3.05) is 25.5 Å². The highest BCUT2D eigenvalue weighted by atomic mass is 16.5. The number of alkyl carbamates (subject to hydrolysis) is 1. The molecule has 0 spiro atoms. The van der Waals surface area contributed by atoms with Gasteiger partial charge in [0.05, 0.1) is 7.11 Å². The van der Waals surface area contributed by atoms with Crippen LogP contribution in [-0.4, -0.2) is 44.1 Å². The van der Waals surface area contributed by atoms with Gasteiger partial charge < -0.3 is 25.4 Å². The summed E-state index contributed by atoms with van der Waals surface area (Å²) in [7, 11) is 1.23. The van der Waals surface area contributed by atoms with Gasteiger partial charge in [0.25, 0.3) is 5.91 Å². The second-order valence-corrected chi connectivity index (χ2v) is 6.48. The Morgan fingerprint density at radius 3 is 2.45 bits per heavy atom. The predicted octanol–water partition coefficient (Wildman–Crippen LogP) is 2.23. The average molecular weight is 427 g/mol. The molecule has 2 aromatic rings. The number of anilines is 1. The molecule has 9 nitrogen and oxygen atoms in total. The third kappa shape index (κ3) is 8.99. The Morgan fingerprint density at radius 2 is 1.71 bits per heavy atom. The van der Waals surface area contributed by atoms with E-state index >= 15 is 0 Å². The summed E-state index contributed by atoms with van der Waals surface area (Å²) < 4.78 is 9.55. The fourth-order valence-corrected chi connectivity index (χ4v) is 2.50. The molecule has 0 atom stereocenters. The number of carbonyl (C=O) groups excluding carboxylic acids is 4. The topological polar surface area (TPSA) is 123 Å². The minimum Gasteiger partial charge on any atom is -0.468 e. The number of methoxy groups -OCH3 is 1. The Hall–Kier alpha value is -3.88. The van der Waals surface area contributed by atoms with Gasteiger partial charge in [0.15, 0.2) is 0 Å². The van der Waals surface area contributed by atoms with Crippen LogP contribution in [0.3, 0.4) is 0 Å². The number of nitrogens with one attached hydrogen (secondary N) is 3. The molecule has 3 N–H and O–H groups in total. The lowest BCUT2D eigenvalue weighted by Gasteiger charge is -2.09. The van der Waals surface area contributed by atoms with E-state index in [4.69, 9.17) is 4.74 Å². The summed E-state index contributed by atoms with van der Waals surface area (Å²) in [4.78, 5) is 46.9. The van der Waals surface area contributed by atoms with Crippen LogP contribution in [0.4, 0.5) is 10.5 Å². The van der Waals surface area contributed by atoms with Gasteiger partial charge in [-0.3, -0.25) is 14.4 Å². The van der Waals surface area contributed by atoms with Gasteiger partial charge in [-0.25, -0.2) is 4.79 Å². The zero-order valence-electron chi connectivity index (χ0n) is 17.2. The lowest BCUT2D eigenvalue weighted by molar-refractivity contribution is -0.139. The molecule has 0 saturated heterocycles. The van der Waals surface area contributed by atoms with E-state index in [1.54, 1.807) is 18.2 Å². The lowest BCUT2D eigenvalue weighted by Crippen LogP contribution is -2.30. The molecule has 0 aliphatic carbocycles. The molecular formula is C22H25N3O6. The minimum atomic E-state index is -0.560. The van der Waals surface area contributed by atoms with Crippen molar-refractivity contribution in [1.29, 1.82) is 0 Å². The highest BCUT2D eigenvalue weighted by molar-refractivity contribution is 5.98. The Labute approximate surface area is 180 Å². The average Bonchev–Trinajstić information content (AvgIpc) is 2.79. The van der Waals surface area contributed by atoms with E-state index in [9.17, 15) is 19.2 Å². The number of ether oxygens (including phenoxy) is 2. The van der Waals surface area contributed by atoms with Gasteiger partial charge in [-0.1, -0.05) is 36.4 Å². The van der Waals surface area contributed by atoms with Gasteiger partial charge in [-0.2, -0.15) is 0 Å². The summed E-state index contributed by atoms with van der Waals surface area (Å²) >= 11 is 0. The monoisotopic (exact) mass is 427 g/mol. The Kier molecular flexibility index (Phi) is 9.54.